The van der Waals surface area contributed by atoms with Gasteiger partial charge >= 0.3 is 6.09 Å². The van der Waals surface area contributed by atoms with E-state index >= 15 is 0 Å². The van der Waals surface area contributed by atoms with Gasteiger partial charge in [0.2, 0.25) is 11.8 Å². The van der Waals surface area contributed by atoms with Gasteiger partial charge in [-0.1, -0.05) is 90.5 Å². The van der Waals surface area contributed by atoms with Crippen LogP contribution in [0.2, 0.25) is 0 Å². The highest BCUT2D eigenvalue weighted by Crippen LogP contribution is 2.42. The molecule has 9 heteroatoms. The zero-order valence-electron chi connectivity index (χ0n) is 25.8. The fraction of sp³-hybridized carbons (Fsp3) is 0.750. The quantitative estimate of drug-likeness (QED) is 0.278. The molecular formula is C32H53N5O4. The Labute approximate surface area is 246 Å². The van der Waals surface area contributed by atoms with Crippen LogP contribution in [-0.4, -0.2) is 40.6 Å². The van der Waals surface area contributed by atoms with Crippen LogP contribution in [-0.2, 0) is 20.9 Å². The van der Waals surface area contributed by atoms with E-state index in [0.29, 0.717) is 30.6 Å². The summed E-state index contributed by atoms with van der Waals surface area (Å²) in [5, 5.41) is 9.08. The summed E-state index contributed by atoms with van der Waals surface area (Å²) in [4.78, 5) is 44.9. The van der Waals surface area contributed by atoms with E-state index in [2.05, 4.69) is 20.9 Å². The predicted molar refractivity (Wildman–Crippen MR) is 162 cm³/mol. The summed E-state index contributed by atoms with van der Waals surface area (Å²) < 4.78 is 5.48. The van der Waals surface area contributed by atoms with Gasteiger partial charge < -0.3 is 26.4 Å². The molecule has 3 amide bonds. The molecule has 2 saturated carbocycles. The fourth-order valence-corrected chi connectivity index (χ4v) is 6.52. The molecule has 2 aliphatic rings. The Bertz CT molecular complexity index is 963. The molecule has 41 heavy (non-hydrogen) atoms. The van der Waals surface area contributed by atoms with E-state index in [9.17, 15) is 14.4 Å². The van der Waals surface area contributed by atoms with Crippen molar-refractivity contribution >= 4 is 23.7 Å². The normalized spacial score (nSPS) is 19.2. The van der Waals surface area contributed by atoms with Crippen molar-refractivity contribution < 1.29 is 19.1 Å². The number of nitrogens with one attached hydrogen (secondary N) is 3. The molecule has 2 fully saturated rings. The highest BCUT2D eigenvalue weighted by Gasteiger charge is 2.42. The Kier molecular flexibility index (Phi) is 12.3. The molecule has 0 aliphatic heterocycles. The van der Waals surface area contributed by atoms with Crippen LogP contribution in [0.15, 0.2) is 18.3 Å². The largest absolute Gasteiger partial charge is 0.444 e. The topological polar surface area (TPSA) is 135 Å². The molecule has 9 nitrogen and oxygen atoms in total. The predicted octanol–water partition coefficient (Wildman–Crippen LogP) is 5.48. The maximum Gasteiger partial charge on any atom is 0.408 e. The third kappa shape index (κ3) is 10.2. The molecule has 3 rings (SSSR count). The maximum absolute atomic E-state index is 14.0. The molecule has 1 unspecified atom stereocenters. The lowest BCUT2D eigenvalue weighted by Gasteiger charge is -2.42. The molecular weight excluding hydrogens is 518 g/mol. The molecule has 1 aromatic rings. The monoisotopic (exact) mass is 571 g/mol. The number of carbonyl (C=O) groups excluding carboxylic acids is 3. The molecule has 0 radical (unpaired) electrons. The minimum atomic E-state index is -0.815. The zero-order valence-corrected chi connectivity index (χ0v) is 25.8. The number of hydrogen-bond donors (Lipinski definition) is 4. The van der Waals surface area contributed by atoms with E-state index in [4.69, 9.17) is 10.5 Å². The number of carbonyl (C=O) groups is 3. The number of alkyl carbamates (subject to hydrolysis) is 1. The number of nitrogen functional groups attached to an aromatic ring is 1. The number of anilines is 1. The van der Waals surface area contributed by atoms with Crippen LogP contribution < -0.4 is 21.7 Å². The van der Waals surface area contributed by atoms with E-state index in [0.717, 1.165) is 56.9 Å². The molecule has 1 heterocycles. The Balaban J connectivity index is 1.89. The lowest BCUT2D eigenvalue weighted by Crippen LogP contribution is -2.60. The first-order valence-electron chi connectivity index (χ1n) is 15.8. The summed E-state index contributed by atoms with van der Waals surface area (Å²) in [6, 6.07) is 2.05. The molecule has 1 aromatic heterocycles. The summed E-state index contributed by atoms with van der Waals surface area (Å²) in [5.41, 5.74) is 5.89. The first-order chi connectivity index (χ1) is 19.5. The van der Waals surface area contributed by atoms with E-state index in [-0.39, 0.29) is 23.7 Å². The van der Waals surface area contributed by atoms with Crippen LogP contribution >= 0.6 is 0 Å². The van der Waals surface area contributed by atoms with Crippen molar-refractivity contribution in [3.05, 3.63) is 23.9 Å². The first-order valence-corrected chi connectivity index (χ1v) is 15.8. The van der Waals surface area contributed by atoms with Crippen LogP contribution in [0, 0.1) is 23.7 Å². The molecule has 0 saturated heterocycles. The van der Waals surface area contributed by atoms with Crippen molar-refractivity contribution in [2.45, 2.75) is 129 Å². The van der Waals surface area contributed by atoms with Crippen molar-refractivity contribution in [3.8, 4) is 0 Å². The SMILES string of the molecule is CCC(C)[C@H](NC(=O)OC(C)(C)C)C(=O)N[C@@H](C(=O)NCc1ccc(N)nc1)C(C1CCCCC1)C1CCCCC1. The van der Waals surface area contributed by atoms with Gasteiger partial charge in [-0.25, -0.2) is 9.78 Å². The van der Waals surface area contributed by atoms with E-state index in [1.54, 1.807) is 33.0 Å². The van der Waals surface area contributed by atoms with Crippen LogP contribution in [0.5, 0.6) is 0 Å². The van der Waals surface area contributed by atoms with Crippen LogP contribution in [0.25, 0.3) is 0 Å². The number of amides is 3. The number of pyridine rings is 1. The minimum absolute atomic E-state index is 0.0446. The van der Waals surface area contributed by atoms with Gasteiger partial charge in [-0.3, -0.25) is 9.59 Å². The highest BCUT2D eigenvalue weighted by molar-refractivity contribution is 5.91. The third-order valence-electron chi connectivity index (χ3n) is 8.84. The number of rotatable bonds is 11. The summed E-state index contributed by atoms with van der Waals surface area (Å²) >= 11 is 0. The third-order valence-corrected chi connectivity index (χ3v) is 8.84. The first kappa shape index (κ1) is 32.7. The minimum Gasteiger partial charge on any atom is -0.444 e. The number of ether oxygens (including phenoxy) is 1. The lowest BCUT2D eigenvalue weighted by atomic mass is 9.66. The van der Waals surface area contributed by atoms with Gasteiger partial charge in [0, 0.05) is 12.7 Å². The Morgan fingerprint density at radius 2 is 1.51 bits per heavy atom. The van der Waals surface area contributed by atoms with Gasteiger partial charge in [0.15, 0.2) is 0 Å². The van der Waals surface area contributed by atoms with Gasteiger partial charge in [0.05, 0.1) is 0 Å². The van der Waals surface area contributed by atoms with Crippen LogP contribution in [0.3, 0.4) is 0 Å². The molecule has 230 valence electrons. The van der Waals surface area contributed by atoms with Crippen molar-refractivity contribution in [1.82, 2.24) is 20.9 Å². The lowest BCUT2D eigenvalue weighted by molar-refractivity contribution is -0.133. The van der Waals surface area contributed by atoms with Crippen molar-refractivity contribution in [1.29, 1.82) is 0 Å². The molecule has 0 spiro atoms. The summed E-state index contributed by atoms with van der Waals surface area (Å²) in [5.74, 6) is 0.558. The molecule has 3 atom stereocenters. The van der Waals surface area contributed by atoms with Crippen molar-refractivity contribution in [2.75, 3.05) is 5.73 Å². The van der Waals surface area contributed by atoms with Gasteiger partial charge in [0.1, 0.15) is 23.5 Å². The van der Waals surface area contributed by atoms with Crippen LogP contribution in [0.1, 0.15) is 111 Å². The maximum atomic E-state index is 14.0. The number of nitrogens with two attached hydrogens (primary N) is 1. The second kappa shape index (κ2) is 15.4. The average molecular weight is 572 g/mol. The average Bonchev–Trinajstić information content (AvgIpc) is 2.95. The zero-order chi connectivity index (χ0) is 30.0. The Morgan fingerprint density at radius 1 is 0.927 bits per heavy atom. The van der Waals surface area contributed by atoms with Gasteiger partial charge in [0.25, 0.3) is 0 Å². The summed E-state index contributed by atoms with van der Waals surface area (Å²) in [6.45, 7) is 9.60. The number of aromatic nitrogens is 1. The molecule has 5 N–H and O–H groups in total. The molecule has 2 aliphatic carbocycles. The van der Waals surface area contributed by atoms with E-state index in [1.807, 2.05) is 19.9 Å². The second-order valence-electron chi connectivity index (χ2n) is 13.2. The molecule has 0 bridgehead atoms. The van der Waals surface area contributed by atoms with Crippen molar-refractivity contribution in [3.63, 3.8) is 0 Å². The van der Waals surface area contributed by atoms with E-state index in [1.165, 1.54) is 12.8 Å². The number of hydrogen-bond acceptors (Lipinski definition) is 6. The van der Waals surface area contributed by atoms with Crippen molar-refractivity contribution in [2.24, 2.45) is 23.7 Å². The van der Waals surface area contributed by atoms with Crippen LogP contribution in [0.4, 0.5) is 10.6 Å². The Morgan fingerprint density at radius 3 is 2.00 bits per heavy atom. The van der Waals surface area contributed by atoms with E-state index < -0.39 is 23.8 Å². The second-order valence-corrected chi connectivity index (χ2v) is 13.2. The molecule has 0 aromatic carbocycles. The number of nitrogens with zero attached hydrogens (tertiary/aromatic N) is 1. The van der Waals surface area contributed by atoms with Gasteiger partial charge in [-0.2, -0.15) is 0 Å². The Hall–Kier alpha value is -2.84. The van der Waals surface area contributed by atoms with Gasteiger partial charge in [-0.15, -0.1) is 0 Å². The standard InChI is InChI=1S/C32H53N5O4/c1-6-21(2)27(37-31(40)41-32(3,4)5)30(39)36-28(29(38)35-20-22-17-18-25(33)34-19-22)26(23-13-9-7-10-14-23)24-15-11-8-12-16-24/h17-19,21,23-24,26-28H,6-16,20H2,1-5H3,(H2,33,34)(H,35,38)(H,36,39)(H,37,40)/t21?,27-,28+/m0/s1. The summed E-state index contributed by atoms with van der Waals surface area (Å²) in [6.07, 6.45) is 13.1. The highest BCUT2D eigenvalue weighted by atomic mass is 16.6. The fourth-order valence-electron chi connectivity index (χ4n) is 6.52. The van der Waals surface area contributed by atoms with Gasteiger partial charge in [-0.05, 0) is 56.1 Å². The smallest absolute Gasteiger partial charge is 0.408 e. The summed E-state index contributed by atoms with van der Waals surface area (Å²) in [7, 11) is 0.